The maximum Gasteiger partial charge on any atom is 0.150 e. The van der Waals surface area contributed by atoms with Gasteiger partial charge in [-0.3, -0.25) is 4.79 Å². The molecule has 0 aliphatic carbocycles. The molecule has 0 aliphatic heterocycles. The zero-order valence-corrected chi connectivity index (χ0v) is 9.50. The van der Waals surface area contributed by atoms with Crippen molar-refractivity contribution in [2.24, 2.45) is 0 Å². The summed E-state index contributed by atoms with van der Waals surface area (Å²) in [7, 11) is 0. The van der Waals surface area contributed by atoms with Crippen LogP contribution in [0.3, 0.4) is 0 Å². The number of hydrogen-bond acceptors (Lipinski definition) is 2. The fourth-order valence-electron chi connectivity index (χ4n) is 1.57. The standard InChI is InChI=1S/C15H14O2/c16-12-14-6-8-15(9-7-14)17-11-10-13-4-2-1-3-5-13/h1-9,12H,10-11H2. The van der Waals surface area contributed by atoms with E-state index in [0.717, 1.165) is 18.5 Å². The molecule has 0 saturated heterocycles. The molecule has 0 spiro atoms. The van der Waals surface area contributed by atoms with Gasteiger partial charge in [0.05, 0.1) is 6.61 Å². The molecule has 2 heteroatoms. The fraction of sp³-hybridized carbons (Fsp3) is 0.133. The Morgan fingerprint density at radius 1 is 0.941 bits per heavy atom. The van der Waals surface area contributed by atoms with Crippen LogP contribution in [0.2, 0.25) is 0 Å². The second-order valence-corrected chi connectivity index (χ2v) is 3.77. The monoisotopic (exact) mass is 226 g/mol. The zero-order chi connectivity index (χ0) is 11.9. The summed E-state index contributed by atoms with van der Waals surface area (Å²) in [6.07, 6.45) is 1.71. The molecule has 0 radical (unpaired) electrons. The second kappa shape index (κ2) is 5.85. The van der Waals surface area contributed by atoms with Crippen LogP contribution < -0.4 is 4.74 Å². The average molecular weight is 226 g/mol. The molecule has 0 heterocycles. The topological polar surface area (TPSA) is 26.3 Å². The van der Waals surface area contributed by atoms with Crippen molar-refractivity contribution in [3.63, 3.8) is 0 Å². The predicted molar refractivity (Wildman–Crippen MR) is 67.5 cm³/mol. The zero-order valence-electron chi connectivity index (χ0n) is 9.50. The Morgan fingerprint density at radius 3 is 2.29 bits per heavy atom. The van der Waals surface area contributed by atoms with E-state index in [1.807, 2.05) is 30.3 Å². The third-order valence-electron chi connectivity index (χ3n) is 2.52. The normalized spacial score (nSPS) is 9.88. The Labute approximate surface area is 101 Å². The molecule has 2 rings (SSSR count). The predicted octanol–water partition coefficient (Wildman–Crippen LogP) is 3.12. The highest BCUT2D eigenvalue weighted by Crippen LogP contribution is 2.11. The summed E-state index contributed by atoms with van der Waals surface area (Å²) in [5, 5.41) is 0. The number of hydrogen-bond donors (Lipinski definition) is 0. The van der Waals surface area contributed by atoms with Gasteiger partial charge in [0.15, 0.2) is 0 Å². The van der Waals surface area contributed by atoms with E-state index in [1.54, 1.807) is 12.1 Å². The van der Waals surface area contributed by atoms with E-state index in [2.05, 4.69) is 12.1 Å². The van der Waals surface area contributed by atoms with Crippen LogP contribution in [0.4, 0.5) is 0 Å². The maximum absolute atomic E-state index is 10.5. The molecule has 2 aromatic carbocycles. The van der Waals surface area contributed by atoms with E-state index in [9.17, 15) is 4.79 Å². The number of carbonyl (C=O) groups excluding carboxylic acids is 1. The van der Waals surface area contributed by atoms with Gasteiger partial charge in [0.25, 0.3) is 0 Å². The molecule has 0 N–H and O–H groups in total. The third-order valence-corrected chi connectivity index (χ3v) is 2.52. The van der Waals surface area contributed by atoms with E-state index in [4.69, 9.17) is 4.74 Å². The van der Waals surface area contributed by atoms with Crippen molar-refractivity contribution in [2.45, 2.75) is 6.42 Å². The van der Waals surface area contributed by atoms with Gasteiger partial charge < -0.3 is 4.74 Å². The summed E-state index contributed by atoms with van der Waals surface area (Å²) in [6.45, 7) is 0.643. The highest BCUT2D eigenvalue weighted by molar-refractivity contribution is 5.74. The van der Waals surface area contributed by atoms with E-state index in [-0.39, 0.29) is 0 Å². The first-order chi connectivity index (χ1) is 8.38. The van der Waals surface area contributed by atoms with Crippen molar-refractivity contribution in [2.75, 3.05) is 6.61 Å². The van der Waals surface area contributed by atoms with Gasteiger partial charge in [0, 0.05) is 12.0 Å². The Morgan fingerprint density at radius 2 is 1.65 bits per heavy atom. The number of benzene rings is 2. The van der Waals surface area contributed by atoms with Crippen LogP contribution in [0, 0.1) is 0 Å². The maximum atomic E-state index is 10.5. The van der Waals surface area contributed by atoms with Crippen LogP contribution >= 0.6 is 0 Å². The second-order valence-electron chi connectivity index (χ2n) is 3.77. The number of ether oxygens (including phenoxy) is 1. The first kappa shape index (κ1) is 11.4. The molecule has 0 amide bonds. The van der Waals surface area contributed by atoms with Crippen LogP contribution in [-0.2, 0) is 6.42 Å². The molecule has 2 nitrogen and oxygen atoms in total. The van der Waals surface area contributed by atoms with Crippen LogP contribution in [0.25, 0.3) is 0 Å². The lowest BCUT2D eigenvalue weighted by Crippen LogP contribution is -2.01. The highest BCUT2D eigenvalue weighted by Gasteiger charge is 1.95. The summed E-state index contributed by atoms with van der Waals surface area (Å²) in [5.41, 5.74) is 1.93. The van der Waals surface area contributed by atoms with E-state index in [1.165, 1.54) is 5.56 Å². The third kappa shape index (κ3) is 3.45. The van der Waals surface area contributed by atoms with Gasteiger partial charge in [-0.05, 0) is 29.8 Å². The van der Waals surface area contributed by atoms with Gasteiger partial charge in [0.2, 0.25) is 0 Å². The summed E-state index contributed by atoms with van der Waals surface area (Å²) >= 11 is 0. The van der Waals surface area contributed by atoms with Gasteiger partial charge in [0.1, 0.15) is 12.0 Å². The molecule has 17 heavy (non-hydrogen) atoms. The molecule has 0 atom stereocenters. The first-order valence-electron chi connectivity index (χ1n) is 5.60. The molecule has 0 aliphatic rings. The Balaban J connectivity index is 1.84. The fourth-order valence-corrected chi connectivity index (χ4v) is 1.57. The molecular formula is C15H14O2. The quantitative estimate of drug-likeness (QED) is 0.732. The molecule has 0 fully saturated rings. The van der Waals surface area contributed by atoms with Gasteiger partial charge in [-0.2, -0.15) is 0 Å². The van der Waals surface area contributed by atoms with Crippen LogP contribution in [0.1, 0.15) is 15.9 Å². The minimum Gasteiger partial charge on any atom is -0.493 e. The SMILES string of the molecule is O=Cc1ccc(OCCc2ccccc2)cc1. The van der Waals surface area contributed by atoms with Gasteiger partial charge in [-0.15, -0.1) is 0 Å². The van der Waals surface area contributed by atoms with Gasteiger partial charge >= 0.3 is 0 Å². The molecule has 0 bridgehead atoms. The van der Waals surface area contributed by atoms with Gasteiger partial charge in [-0.1, -0.05) is 30.3 Å². The summed E-state index contributed by atoms with van der Waals surface area (Å²) in [4.78, 5) is 10.5. The van der Waals surface area contributed by atoms with E-state index < -0.39 is 0 Å². The van der Waals surface area contributed by atoms with Crippen molar-refractivity contribution < 1.29 is 9.53 Å². The largest absolute Gasteiger partial charge is 0.493 e. The Bertz CT molecular complexity index is 460. The molecular weight excluding hydrogens is 212 g/mol. The average Bonchev–Trinajstić information content (AvgIpc) is 2.41. The van der Waals surface area contributed by atoms with Gasteiger partial charge in [-0.25, -0.2) is 0 Å². The molecule has 0 saturated carbocycles. The molecule has 2 aromatic rings. The first-order valence-corrected chi connectivity index (χ1v) is 5.60. The lowest BCUT2D eigenvalue weighted by atomic mass is 10.2. The number of aldehydes is 1. The van der Waals surface area contributed by atoms with E-state index >= 15 is 0 Å². The van der Waals surface area contributed by atoms with Crippen molar-refractivity contribution in [3.05, 3.63) is 65.7 Å². The summed E-state index contributed by atoms with van der Waals surface area (Å²) in [5.74, 6) is 0.798. The van der Waals surface area contributed by atoms with Crippen molar-refractivity contribution >= 4 is 6.29 Å². The molecule has 0 aromatic heterocycles. The van der Waals surface area contributed by atoms with Crippen LogP contribution in [0.5, 0.6) is 5.75 Å². The Kier molecular flexibility index (Phi) is 3.92. The highest BCUT2D eigenvalue weighted by atomic mass is 16.5. The minimum atomic E-state index is 0.643. The number of carbonyl (C=O) groups is 1. The van der Waals surface area contributed by atoms with Crippen LogP contribution in [-0.4, -0.2) is 12.9 Å². The molecule has 86 valence electrons. The van der Waals surface area contributed by atoms with Crippen molar-refractivity contribution in [1.82, 2.24) is 0 Å². The lowest BCUT2D eigenvalue weighted by Gasteiger charge is -2.06. The Hall–Kier alpha value is -2.09. The number of rotatable bonds is 5. The minimum absolute atomic E-state index is 0.643. The summed E-state index contributed by atoms with van der Waals surface area (Å²) in [6, 6.07) is 17.3. The smallest absolute Gasteiger partial charge is 0.150 e. The summed E-state index contributed by atoms with van der Waals surface area (Å²) < 4.78 is 5.59. The molecule has 0 unspecified atom stereocenters. The van der Waals surface area contributed by atoms with Crippen LogP contribution in [0.15, 0.2) is 54.6 Å². The van der Waals surface area contributed by atoms with Crippen molar-refractivity contribution in [3.8, 4) is 5.75 Å². The van der Waals surface area contributed by atoms with Crippen molar-refractivity contribution in [1.29, 1.82) is 0 Å². The van der Waals surface area contributed by atoms with E-state index in [0.29, 0.717) is 12.2 Å². The lowest BCUT2D eigenvalue weighted by molar-refractivity contribution is 0.112.